The maximum Gasteiger partial charge on any atom is 0.311 e. The molecule has 2 saturated heterocycles. The molecular formula is C52H85O15. The van der Waals surface area contributed by atoms with Gasteiger partial charge in [0.15, 0.2) is 5.79 Å². The second-order valence-corrected chi connectivity index (χ2v) is 20.9. The van der Waals surface area contributed by atoms with Gasteiger partial charge < -0.3 is 43.4 Å². The summed E-state index contributed by atoms with van der Waals surface area (Å²) in [6.45, 7) is 27.1. The topological polar surface area (TPSA) is 207 Å². The number of carboxylic acids is 1. The first-order valence-electron chi connectivity index (χ1n) is 24.4. The fourth-order valence-electron chi connectivity index (χ4n) is 9.04. The Morgan fingerprint density at radius 2 is 1.37 bits per heavy atom. The normalized spacial score (nSPS) is 24.4. The molecule has 67 heavy (non-hydrogen) atoms. The van der Waals surface area contributed by atoms with Gasteiger partial charge in [0.1, 0.15) is 36.3 Å². The largest absolute Gasteiger partial charge is 0.481 e. The van der Waals surface area contributed by atoms with Gasteiger partial charge in [-0.3, -0.25) is 28.8 Å². The van der Waals surface area contributed by atoms with E-state index in [4.69, 9.17) is 33.2 Å². The van der Waals surface area contributed by atoms with Crippen LogP contribution < -0.4 is 0 Å². The quantitative estimate of drug-likeness (QED) is 0.0358. The minimum atomic E-state index is -1.42. The van der Waals surface area contributed by atoms with Gasteiger partial charge in [-0.1, -0.05) is 68.4 Å². The molecule has 0 aromatic heterocycles. The highest BCUT2D eigenvalue weighted by molar-refractivity contribution is 5.75. The Balaban J connectivity index is 2.70. The number of carbonyl (C=O) groups excluding carboxylic acids is 5. The molecular weight excluding hydrogens is 865 g/mol. The molecule has 0 aromatic rings. The first-order chi connectivity index (χ1) is 31.1. The van der Waals surface area contributed by atoms with E-state index in [0.717, 1.165) is 12.0 Å². The summed E-state index contributed by atoms with van der Waals surface area (Å²) in [5, 5.41) is 21.5. The Morgan fingerprint density at radius 3 is 1.93 bits per heavy atom. The van der Waals surface area contributed by atoms with Gasteiger partial charge in [-0.2, -0.15) is 0 Å². The Morgan fingerprint density at radius 1 is 0.791 bits per heavy atom. The van der Waals surface area contributed by atoms with Crippen molar-refractivity contribution < 1.29 is 72.1 Å². The van der Waals surface area contributed by atoms with E-state index in [0.29, 0.717) is 44.1 Å². The summed E-state index contributed by atoms with van der Waals surface area (Å²) in [7, 11) is 1.37. The van der Waals surface area contributed by atoms with Crippen molar-refractivity contribution in [1.29, 1.82) is 0 Å². The highest BCUT2D eigenvalue weighted by atomic mass is 16.7. The maximum atomic E-state index is 13.7. The standard InChI is InChI=1S/C52H85O15/c1-16-43(54)63-39(20-21-51(13,14)50(59)60)37(11)49(62-38(12)53)41(64-45(56)22-30(2)3)27-36(10)48(65-46(57)23-31(4)5)42-25-34(8)29-52(67-42)28-33(7)24-40(66-52)47(58)35(9)19-17-18-32(6)26-44(55)61-15/h19,30-34,37,39-42,47,49,58H,13,16-18,20-29H2,1-12,14-15H3,(H,59,60)/b35-19+,48-36+/t32-,33-,34+,37-,39-,40+,41+,42+,47-,49+,51?,52+/m0/s1. The number of rotatable bonds is 26. The summed E-state index contributed by atoms with van der Waals surface area (Å²) in [6, 6.07) is 0. The van der Waals surface area contributed by atoms with Gasteiger partial charge in [0.25, 0.3) is 0 Å². The van der Waals surface area contributed by atoms with Gasteiger partial charge >= 0.3 is 35.8 Å². The van der Waals surface area contributed by atoms with Crippen LogP contribution in [0.15, 0.2) is 23.0 Å². The van der Waals surface area contributed by atoms with E-state index in [-0.39, 0.29) is 79.8 Å². The number of hydrogen-bond acceptors (Lipinski definition) is 14. The van der Waals surface area contributed by atoms with Crippen molar-refractivity contribution in [3.63, 3.8) is 0 Å². The number of aliphatic hydroxyl groups is 1. The first kappa shape index (κ1) is 59.3. The SMILES string of the molecule is [CH2]C(C)(CC[C@H](OC(=O)CC)[C@H](C)[C@@H](OC(C)=O)[C@@H](C/C(C)=C(/OC(=O)CC(C)C)[C@H]1C[C@@H](C)C[C@@]2(C[C@@H](C)C[C@H]([C@@H](O)/C(C)=C/CC[C@H](C)CC(=O)OC)O2)O1)OC(=O)CC(C)C)C(=O)O. The van der Waals surface area contributed by atoms with Gasteiger partial charge in [-0.25, -0.2) is 0 Å². The van der Waals surface area contributed by atoms with E-state index in [1.54, 1.807) is 20.8 Å². The minimum absolute atomic E-state index is 0.00779. The summed E-state index contributed by atoms with van der Waals surface area (Å²) < 4.78 is 43.0. The van der Waals surface area contributed by atoms with Crippen molar-refractivity contribution in [2.24, 2.45) is 40.9 Å². The summed E-state index contributed by atoms with van der Waals surface area (Å²) in [4.78, 5) is 76.8. The van der Waals surface area contributed by atoms with Gasteiger partial charge in [0, 0.05) is 57.8 Å². The molecule has 0 amide bonds. The molecule has 15 nitrogen and oxygen atoms in total. The molecule has 2 N–H and O–H groups in total. The van der Waals surface area contributed by atoms with Crippen molar-refractivity contribution >= 4 is 35.8 Å². The van der Waals surface area contributed by atoms with Crippen LogP contribution in [0.1, 0.15) is 173 Å². The Labute approximate surface area is 400 Å². The van der Waals surface area contributed by atoms with E-state index in [1.807, 2.05) is 47.6 Å². The van der Waals surface area contributed by atoms with E-state index in [2.05, 4.69) is 20.8 Å². The smallest absolute Gasteiger partial charge is 0.311 e. The average Bonchev–Trinajstić information content (AvgIpc) is 3.20. The molecule has 383 valence electrons. The van der Waals surface area contributed by atoms with Crippen LogP contribution in [0.2, 0.25) is 0 Å². The highest BCUT2D eigenvalue weighted by Crippen LogP contribution is 2.46. The molecule has 2 aliphatic rings. The number of aliphatic carboxylic acids is 1. The molecule has 1 unspecified atom stereocenters. The number of carbonyl (C=O) groups is 6. The number of ether oxygens (including phenoxy) is 7. The number of allylic oxidation sites excluding steroid dienone is 1. The lowest BCUT2D eigenvalue weighted by atomic mass is 9.80. The molecule has 15 heteroatoms. The predicted molar refractivity (Wildman–Crippen MR) is 251 cm³/mol. The number of carboxylic acid groups (broad SMARTS) is 1. The van der Waals surface area contributed by atoms with E-state index < -0.39 is 83.6 Å². The second kappa shape index (κ2) is 27.4. The molecule has 0 saturated carbocycles. The van der Waals surface area contributed by atoms with Crippen LogP contribution in [0.3, 0.4) is 0 Å². The molecule has 1 spiro atoms. The fraction of sp³-hybridized carbons (Fsp3) is 0.788. The van der Waals surface area contributed by atoms with Crippen LogP contribution in [-0.4, -0.2) is 95.5 Å². The van der Waals surface area contributed by atoms with E-state index in [9.17, 15) is 39.0 Å². The first-order valence-corrected chi connectivity index (χ1v) is 24.4. The molecule has 0 aromatic carbocycles. The molecule has 0 bridgehead atoms. The van der Waals surface area contributed by atoms with Crippen molar-refractivity contribution in [2.45, 2.75) is 216 Å². The zero-order valence-corrected chi connectivity index (χ0v) is 43.1. The molecule has 0 aliphatic carbocycles. The number of hydrogen-bond donors (Lipinski definition) is 2. The summed E-state index contributed by atoms with van der Waals surface area (Å²) in [6.07, 6.45) is 0.215. The van der Waals surface area contributed by atoms with Gasteiger partial charge in [-0.15, -0.1) is 0 Å². The Hall–Kier alpha value is -3.82. The second-order valence-electron chi connectivity index (χ2n) is 20.9. The monoisotopic (exact) mass is 950 g/mol. The predicted octanol–water partition coefficient (Wildman–Crippen LogP) is 9.41. The molecule has 2 fully saturated rings. The zero-order valence-electron chi connectivity index (χ0n) is 43.1. The van der Waals surface area contributed by atoms with E-state index >= 15 is 0 Å². The van der Waals surface area contributed by atoms with Gasteiger partial charge in [0.05, 0.1) is 18.6 Å². The van der Waals surface area contributed by atoms with Crippen LogP contribution in [-0.2, 0) is 61.9 Å². The lowest BCUT2D eigenvalue weighted by Crippen LogP contribution is -2.54. The van der Waals surface area contributed by atoms with Crippen LogP contribution >= 0.6 is 0 Å². The molecule has 2 heterocycles. The van der Waals surface area contributed by atoms with Crippen LogP contribution in [0.25, 0.3) is 0 Å². The Bertz CT molecular complexity index is 1710. The summed E-state index contributed by atoms with van der Waals surface area (Å²) in [5.74, 6) is -5.36. The third-order valence-corrected chi connectivity index (χ3v) is 12.7. The van der Waals surface area contributed by atoms with Crippen molar-refractivity contribution in [2.75, 3.05) is 7.11 Å². The average molecular weight is 950 g/mol. The van der Waals surface area contributed by atoms with Crippen molar-refractivity contribution in [1.82, 2.24) is 0 Å². The Kier molecular flexibility index (Phi) is 24.2. The van der Waals surface area contributed by atoms with Gasteiger partial charge in [0.2, 0.25) is 0 Å². The molecule has 2 rings (SSSR count). The number of methoxy groups -OCH3 is 1. The molecule has 2 aliphatic heterocycles. The van der Waals surface area contributed by atoms with Crippen LogP contribution in [0, 0.1) is 47.8 Å². The highest BCUT2D eigenvalue weighted by Gasteiger charge is 2.50. The van der Waals surface area contributed by atoms with Crippen LogP contribution in [0.5, 0.6) is 0 Å². The minimum Gasteiger partial charge on any atom is -0.481 e. The number of esters is 5. The summed E-state index contributed by atoms with van der Waals surface area (Å²) >= 11 is 0. The number of aliphatic hydroxyl groups excluding tert-OH is 1. The van der Waals surface area contributed by atoms with E-state index in [1.165, 1.54) is 21.0 Å². The fourth-order valence-corrected chi connectivity index (χ4v) is 9.04. The maximum absolute atomic E-state index is 13.7. The third kappa shape index (κ3) is 20.0. The zero-order chi connectivity index (χ0) is 51.0. The van der Waals surface area contributed by atoms with Crippen molar-refractivity contribution in [3.05, 3.63) is 29.9 Å². The van der Waals surface area contributed by atoms with Gasteiger partial charge in [-0.05, 0) is 107 Å². The molecule has 12 atom stereocenters. The molecule has 1 radical (unpaired) electrons. The van der Waals surface area contributed by atoms with Crippen molar-refractivity contribution in [3.8, 4) is 0 Å². The third-order valence-electron chi connectivity index (χ3n) is 12.7. The summed E-state index contributed by atoms with van der Waals surface area (Å²) in [5.41, 5.74) is -0.182. The lowest BCUT2D eigenvalue weighted by Gasteiger charge is -2.50. The van der Waals surface area contributed by atoms with Crippen LogP contribution in [0.4, 0.5) is 0 Å². The lowest BCUT2D eigenvalue weighted by molar-refractivity contribution is -0.334.